The number of fused-ring (bicyclic) bond motifs is 2. The van der Waals surface area contributed by atoms with Gasteiger partial charge in [0.15, 0.2) is 0 Å². The summed E-state index contributed by atoms with van der Waals surface area (Å²) in [6, 6.07) is 10.8. The van der Waals surface area contributed by atoms with Gasteiger partial charge in [0.2, 0.25) is 23.0 Å². The zero-order valence-corrected chi connectivity index (χ0v) is 10.6. The van der Waals surface area contributed by atoms with E-state index in [9.17, 15) is 0 Å². The lowest BCUT2D eigenvalue weighted by molar-refractivity contribution is -0.384. The summed E-state index contributed by atoms with van der Waals surface area (Å²) in [5.41, 5.74) is 1.77. The molecule has 0 saturated heterocycles. The van der Waals surface area contributed by atoms with Gasteiger partial charge >= 0.3 is 0 Å². The van der Waals surface area contributed by atoms with E-state index in [-0.39, 0.29) is 0 Å². The zero-order valence-electron chi connectivity index (χ0n) is 10.6. The lowest BCUT2D eigenvalue weighted by Gasteiger charge is -2.01. The number of hydrogen-bond donors (Lipinski definition) is 1. The van der Waals surface area contributed by atoms with E-state index in [1.54, 1.807) is 30.5 Å². The van der Waals surface area contributed by atoms with Gasteiger partial charge in [-0.3, -0.25) is 19.6 Å². The Hall–Kier alpha value is -2.90. The molecule has 0 radical (unpaired) electrons. The van der Waals surface area contributed by atoms with Crippen molar-refractivity contribution in [3.8, 4) is 23.0 Å². The van der Waals surface area contributed by atoms with Gasteiger partial charge in [-0.05, 0) is 35.9 Å². The van der Waals surface area contributed by atoms with Gasteiger partial charge in [-0.15, -0.1) is 0 Å². The molecule has 0 saturated carbocycles. The van der Waals surface area contributed by atoms with E-state index in [4.69, 9.17) is 19.6 Å². The van der Waals surface area contributed by atoms with Crippen molar-refractivity contribution in [1.82, 2.24) is 0 Å². The molecule has 0 fully saturated rings. The molecule has 0 aromatic heterocycles. The van der Waals surface area contributed by atoms with Crippen LogP contribution in [0.5, 0.6) is 23.0 Å². The highest BCUT2D eigenvalue weighted by Crippen LogP contribution is 2.35. The average molecular weight is 287 g/mol. The van der Waals surface area contributed by atoms with Gasteiger partial charge in [0, 0.05) is 28.0 Å². The summed E-state index contributed by atoms with van der Waals surface area (Å²) < 4.78 is 0. The molecule has 0 spiro atoms. The van der Waals surface area contributed by atoms with Gasteiger partial charge in [-0.1, -0.05) is 6.07 Å². The van der Waals surface area contributed by atoms with Crippen LogP contribution in [-0.4, -0.2) is 0 Å². The lowest BCUT2D eigenvalue weighted by atomic mass is 10.2. The number of hydrogen-bond acceptors (Lipinski definition) is 7. The standard InChI is InChI=1S/C14H9NO6/c1-3-11-13(18-20-16-11)7-9(1)5-6-15-10-2-4-12-14(8-10)19-21-17-12/h1-8,15H. The third-order valence-electron chi connectivity index (χ3n) is 2.93. The summed E-state index contributed by atoms with van der Waals surface area (Å²) >= 11 is 0. The van der Waals surface area contributed by atoms with E-state index in [0.717, 1.165) is 11.3 Å². The molecule has 2 aromatic rings. The van der Waals surface area contributed by atoms with Crippen molar-refractivity contribution in [2.75, 3.05) is 5.32 Å². The zero-order chi connectivity index (χ0) is 14.1. The molecule has 1 N–H and O–H groups in total. The maximum atomic E-state index is 4.83. The van der Waals surface area contributed by atoms with Crippen molar-refractivity contribution in [2.24, 2.45) is 0 Å². The van der Waals surface area contributed by atoms with E-state index in [1.807, 2.05) is 18.2 Å². The molecule has 2 aliphatic heterocycles. The Bertz CT molecular complexity index is 715. The Morgan fingerprint density at radius 3 is 2.19 bits per heavy atom. The van der Waals surface area contributed by atoms with Crippen molar-refractivity contribution >= 4 is 11.8 Å². The van der Waals surface area contributed by atoms with E-state index in [0.29, 0.717) is 23.0 Å². The smallest absolute Gasteiger partial charge is 0.217 e. The monoisotopic (exact) mass is 287 g/mol. The summed E-state index contributed by atoms with van der Waals surface area (Å²) in [5.74, 6) is 2.15. The SMILES string of the molecule is C(=Cc1ccc2c(c1)OOO2)Nc1ccc2c(c1)OOO2. The topological polar surface area (TPSA) is 67.4 Å². The summed E-state index contributed by atoms with van der Waals surface area (Å²) in [6.45, 7) is 0. The van der Waals surface area contributed by atoms with Crippen LogP contribution in [0, 0.1) is 0 Å². The molecular formula is C14H9NO6. The average Bonchev–Trinajstić information content (AvgIpc) is 3.14. The Morgan fingerprint density at radius 2 is 1.38 bits per heavy atom. The normalized spacial score (nSPS) is 14.7. The molecule has 4 rings (SSSR count). The van der Waals surface area contributed by atoms with Crippen LogP contribution in [0.2, 0.25) is 0 Å². The highest BCUT2D eigenvalue weighted by Gasteiger charge is 2.16. The quantitative estimate of drug-likeness (QED) is 0.870. The first-order chi connectivity index (χ1) is 10.4. The summed E-state index contributed by atoms with van der Waals surface area (Å²) in [7, 11) is 0. The fraction of sp³-hybridized carbons (Fsp3) is 0. The van der Waals surface area contributed by atoms with Crippen molar-refractivity contribution < 1.29 is 29.6 Å². The number of benzene rings is 2. The summed E-state index contributed by atoms with van der Waals surface area (Å²) in [5, 5.41) is 11.9. The largest absolute Gasteiger partial charge is 0.362 e. The van der Waals surface area contributed by atoms with Crippen molar-refractivity contribution in [3.05, 3.63) is 48.2 Å². The predicted molar refractivity (Wildman–Crippen MR) is 70.2 cm³/mol. The Balaban J connectivity index is 1.46. The third-order valence-corrected chi connectivity index (χ3v) is 2.93. The van der Waals surface area contributed by atoms with Crippen LogP contribution in [0.25, 0.3) is 6.08 Å². The van der Waals surface area contributed by atoms with Crippen LogP contribution in [-0.2, 0) is 10.1 Å². The molecule has 0 aliphatic carbocycles. The van der Waals surface area contributed by atoms with Gasteiger partial charge in [0.1, 0.15) is 0 Å². The van der Waals surface area contributed by atoms with E-state index < -0.39 is 0 Å². The van der Waals surface area contributed by atoms with Crippen LogP contribution in [0.3, 0.4) is 0 Å². The molecule has 2 aliphatic rings. The fourth-order valence-corrected chi connectivity index (χ4v) is 1.91. The van der Waals surface area contributed by atoms with Crippen LogP contribution in [0.4, 0.5) is 5.69 Å². The van der Waals surface area contributed by atoms with Crippen molar-refractivity contribution in [3.63, 3.8) is 0 Å². The van der Waals surface area contributed by atoms with Crippen molar-refractivity contribution in [1.29, 1.82) is 0 Å². The van der Waals surface area contributed by atoms with Crippen LogP contribution < -0.4 is 24.9 Å². The van der Waals surface area contributed by atoms with Gasteiger partial charge in [-0.2, -0.15) is 0 Å². The van der Waals surface area contributed by atoms with E-state index in [1.165, 1.54) is 0 Å². The number of rotatable bonds is 3. The molecule has 21 heavy (non-hydrogen) atoms. The first kappa shape index (κ1) is 11.9. The molecule has 2 aromatic carbocycles. The molecule has 0 atom stereocenters. The molecular weight excluding hydrogens is 278 g/mol. The predicted octanol–water partition coefficient (Wildman–Crippen LogP) is 3.01. The second kappa shape index (κ2) is 4.89. The molecule has 106 valence electrons. The van der Waals surface area contributed by atoms with E-state index in [2.05, 4.69) is 15.4 Å². The van der Waals surface area contributed by atoms with E-state index >= 15 is 0 Å². The first-order valence-corrected chi connectivity index (χ1v) is 6.12. The second-order valence-electron chi connectivity index (χ2n) is 4.31. The highest BCUT2D eigenvalue weighted by molar-refractivity contribution is 5.61. The minimum atomic E-state index is 0.522. The summed E-state index contributed by atoms with van der Waals surface area (Å²) in [6.07, 6.45) is 3.67. The molecule has 2 heterocycles. The van der Waals surface area contributed by atoms with Gasteiger partial charge in [-0.25, -0.2) is 0 Å². The molecule has 7 heteroatoms. The Labute approximate surface area is 118 Å². The first-order valence-electron chi connectivity index (χ1n) is 6.12. The highest BCUT2D eigenvalue weighted by atomic mass is 17.5. The van der Waals surface area contributed by atoms with Gasteiger partial charge in [0.25, 0.3) is 0 Å². The molecule has 0 bridgehead atoms. The molecule has 0 amide bonds. The minimum absolute atomic E-state index is 0.522. The second-order valence-corrected chi connectivity index (χ2v) is 4.31. The van der Waals surface area contributed by atoms with Gasteiger partial charge in [0.05, 0.1) is 0 Å². The third kappa shape index (κ3) is 2.31. The van der Waals surface area contributed by atoms with Crippen LogP contribution in [0.15, 0.2) is 42.6 Å². The molecule has 7 nitrogen and oxygen atoms in total. The number of anilines is 1. The Morgan fingerprint density at radius 1 is 0.714 bits per heavy atom. The maximum Gasteiger partial charge on any atom is 0.217 e. The van der Waals surface area contributed by atoms with Crippen LogP contribution >= 0.6 is 0 Å². The Kier molecular flexibility index (Phi) is 2.77. The maximum absolute atomic E-state index is 4.83. The summed E-state index contributed by atoms with van der Waals surface area (Å²) in [4.78, 5) is 19.2. The molecule has 0 unspecified atom stereocenters. The van der Waals surface area contributed by atoms with Crippen LogP contribution in [0.1, 0.15) is 5.56 Å². The minimum Gasteiger partial charge on any atom is -0.362 e. The fourth-order valence-electron chi connectivity index (χ4n) is 1.91. The lowest BCUT2D eigenvalue weighted by Crippen LogP contribution is -1.88. The van der Waals surface area contributed by atoms with Crippen molar-refractivity contribution in [2.45, 2.75) is 0 Å². The van der Waals surface area contributed by atoms with Gasteiger partial charge < -0.3 is 5.32 Å². The number of nitrogens with one attached hydrogen (secondary N) is 1.